The molecule has 0 spiro atoms. The van der Waals surface area contributed by atoms with Crippen molar-refractivity contribution in [1.82, 2.24) is 5.32 Å². The first-order valence-corrected chi connectivity index (χ1v) is 8.09. The van der Waals surface area contributed by atoms with Crippen LogP contribution in [0.5, 0.6) is 5.75 Å². The van der Waals surface area contributed by atoms with Crippen LogP contribution >= 0.6 is 0 Å². The lowest BCUT2D eigenvalue weighted by molar-refractivity contribution is -0.384. The Morgan fingerprint density at radius 1 is 1.23 bits per heavy atom. The summed E-state index contributed by atoms with van der Waals surface area (Å²) in [7, 11) is 1.58. The zero-order valence-corrected chi connectivity index (χ0v) is 14.7. The van der Waals surface area contributed by atoms with Gasteiger partial charge in [0.25, 0.3) is 5.69 Å². The van der Waals surface area contributed by atoms with E-state index in [1.54, 1.807) is 31.4 Å². The second-order valence-corrected chi connectivity index (χ2v) is 5.57. The predicted octanol–water partition coefficient (Wildman–Crippen LogP) is 3.15. The molecular formula is C19H21N3O4. The number of hydrogen-bond donors (Lipinski definition) is 2. The van der Waals surface area contributed by atoms with Crippen LogP contribution in [-0.2, 0) is 4.79 Å². The lowest BCUT2D eigenvalue weighted by Gasteiger charge is -2.07. The maximum atomic E-state index is 11.9. The molecule has 0 fully saturated rings. The summed E-state index contributed by atoms with van der Waals surface area (Å²) in [6, 6.07) is 12.1. The number of rotatable bonds is 8. The van der Waals surface area contributed by atoms with Crippen molar-refractivity contribution in [3.05, 3.63) is 69.8 Å². The molecule has 0 atom stereocenters. The van der Waals surface area contributed by atoms with Crippen LogP contribution in [0.1, 0.15) is 11.1 Å². The van der Waals surface area contributed by atoms with Crippen molar-refractivity contribution in [3.8, 4) is 5.75 Å². The van der Waals surface area contributed by atoms with Crippen molar-refractivity contribution in [1.29, 1.82) is 0 Å². The van der Waals surface area contributed by atoms with E-state index < -0.39 is 4.92 Å². The Hall–Kier alpha value is -3.35. The highest BCUT2D eigenvalue weighted by atomic mass is 16.6. The minimum atomic E-state index is -0.446. The van der Waals surface area contributed by atoms with Crippen molar-refractivity contribution in [2.24, 2.45) is 0 Å². The van der Waals surface area contributed by atoms with Gasteiger partial charge < -0.3 is 15.4 Å². The average Bonchev–Trinajstić information content (AvgIpc) is 2.64. The number of carbonyl (C=O) groups excluding carboxylic acids is 1. The van der Waals surface area contributed by atoms with E-state index in [4.69, 9.17) is 4.74 Å². The van der Waals surface area contributed by atoms with Gasteiger partial charge in [-0.25, -0.2) is 0 Å². The predicted molar refractivity (Wildman–Crippen MR) is 101 cm³/mol. The summed E-state index contributed by atoms with van der Waals surface area (Å²) >= 11 is 0. The molecule has 0 radical (unpaired) electrons. The van der Waals surface area contributed by atoms with Gasteiger partial charge in [0.1, 0.15) is 11.4 Å². The largest absolute Gasteiger partial charge is 0.496 e. The van der Waals surface area contributed by atoms with E-state index >= 15 is 0 Å². The van der Waals surface area contributed by atoms with Crippen molar-refractivity contribution >= 4 is 23.4 Å². The summed E-state index contributed by atoms with van der Waals surface area (Å²) in [6.45, 7) is 2.67. The number of nitrogens with zero attached hydrogens (tertiary/aromatic N) is 1. The molecule has 0 aliphatic heterocycles. The van der Waals surface area contributed by atoms with Crippen molar-refractivity contribution in [3.63, 3.8) is 0 Å². The third-order valence-electron chi connectivity index (χ3n) is 3.64. The summed E-state index contributed by atoms with van der Waals surface area (Å²) < 4.78 is 5.26. The molecule has 1 amide bonds. The molecule has 0 aliphatic rings. The molecule has 2 aromatic carbocycles. The van der Waals surface area contributed by atoms with Crippen LogP contribution in [0.15, 0.2) is 48.5 Å². The van der Waals surface area contributed by atoms with Gasteiger partial charge in [-0.15, -0.1) is 0 Å². The second-order valence-electron chi connectivity index (χ2n) is 5.57. The Bertz CT molecular complexity index is 818. The zero-order valence-electron chi connectivity index (χ0n) is 14.7. The summed E-state index contributed by atoms with van der Waals surface area (Å²) in [4.78, 5) is 22.4. The van der Waals surface area contributed by atoms with Gasteiger partial charge in [-0.2, -0.15) is 0 Å². The number of methoxy groups -OCH3 is 1. The van der Waals surface area contributed by atoms with E-state index in [1.165, 1.54) is 12.1 Å². The maximum Gasteiger partial charge on any atom is 0.292 e. The zero-order chi connectivity index (χ0) is 18.9. The molecule has 0 heterocycles. The van der Waals surface area contributed by atoms with Crippen LogP contribution in [0.4, 0.5) is 11.4 Å². The molecule has 136 valence electrons. The minimum Gasteiger partial charge on any atom is -0.496 e. The molecule has 0 unspecified atom stereocenters. The molecule has 7 nitrogen and oxygen atoms in total. The number of amides is 1. The number of nitro groups is 1. The molecule has 0 bridgehead atoms. The van der Waals surface area contributed by atoms with Gasteiger partial charge in [-0.3, -0.25) is 14.9 Å². The van der Waals surface area contributed by atoms with Crippen molar-refractivity contribution in [2.45, 2.75) is 6.92 Å². The van der Waals surface area contributed by atoms with Crippen LogP contribution in [-0.4, -0.2) is 31.0 Å². The number of nitro benzene ring substituents is 1. The molecule has 26 heavy (non-hydrogen) atoms. The Morgan fingerprint density at radius 2 is 2.00 bits per heavy atom. The van der Waals surface area contributed by atoms with Crippen LogP contribution in [0.25, 0.3) is 6.08 Å². The first kappa shape index (κ1) is 19.0. The van der Waals surface area contributed by atoms with Crippen molar-refractivity contribution in [2.75, 3.05) is 25.5 Å². The third-order valence-corrected chi connectivity index (χ3v) is 3.64. The number of benzene rings is 2. The van der Waals surface area contributed by atoms with E-state index in [2.05, 4.69) is 10.6 Å². The van der Waals surface area contributed by atoms with Crippen LogP contribution in [0.3, 0.4) is 0 Å². The van der Waals surface area contributed by atoms with Gasteiger partial charge in [-0.1, -0.05) is 23.8 Å². The van der Waals surface area contributed by atoms with Crippen LogP contribution in [0.2, 0.25) is 0 Å². The van der Waals surface area contributed by atoms with E-state index in [0.29, 0.717) is 24.5 Å². The molecule has 0 aromatic heterocycles. The fraction of sp³-hybridized carbons (Fsp3) is 0.211. The molecule has 0 saturated heterocycles. The van der Waals surface area contributed by atoms with E-state index in [-0.39, 0.29) is 11.6 Å². The minimum absolute atomic E-state index is 0.00487. The third kappa shape index (κ3) is 5.34. The molecular weight excluding hydrogens is 334 g/mol. The number of carbonyl (C=O) groups is 1. The number of anilines is 1. The average molecular weight is 355 g/mol. The number of para-hydroxylation sites is 2. The van der Waals surface area contributed by atoms with Gasteiger partial charge in [0, 0.05) is 30.8 Å². The van der Waals surface area contributed by atoms with Crippen LogP contribution in [0, 0.1) is 17.0 Å². The fourth-order valence-corrected chi connectivity index (χ4v) is 2.37. The lowest BCUT2D eigenvalue weighted by atomic mass is 10.1. The number of nitrogens with one attached hydrogen (secondary N) is 2. The van der Waals surface area contributed by atoms with Gasteiger partial charge in [-0.05, 0) is 31.2 Å². The summed E-state index contributed by atoms with van der Waals surface area (Å²) in [5.74, 6) is 0.440. The van der Waals surface area contributed by atoms with E-state index in [1.807, 2.05) is 25.1 Å². The van der Waals surface area contributed by atoms with Gasteiger partial charge in [0.05, 0.1) is 12.0 Å². The first-order valence-electron chi connectivity index (χ1n) is 8.09. The Balaban J connectivity index is 1.85. The first-order chi connectivity index (χ1) is 12.5. The number of ether oxygens (including phenoxy) is 1. The van der Waals surface area contributed by atoms with Crippen molar-refractivity contribution < 1.29 is 14.5 Å². The van der Waals surface area contributed by atoms with Gasteiger partial charge >= 0.3 is 0 Å². The second kappa shape index (κ2) is 9.22. The molecule has 7 heteroatoms. The monoisotopic (exact) mass is 355 g/mol. The topological polar surface area (TPSA) is 93.5 Å². The number of hydrogen-bond acceptors (Lipinski definition) is 5. The molecule has 2 aromatic rings. The van der Waals surface area contributed by atoms with Crippen LogP contribution < -0.4 is 15.4 Å². The Kier molecular flexibility index (Phi) is 6.73. The molecule has 2 N–H and O–H groups in total. The highest BCUT2D eigenvalue weighted by Crippen LogP contribution is 2.22. The SMILES string of the molecule is COc1ccc(C)cc1/C=C/C(=O)NCCNc1ccccc1[N+](=O)[O-]. The normalized spacial score (nSPS) is 10.5. The fourth-order valence-electron chi connectivity index (χ4n) is 2.37. The van der Waals surface area contributed by atoms with Gasteiger partial charge in [0.15, 0.2) is 0 Å². The van der Waals surface area contributed by atoms with Gasteiger partial charge in [0.2, 0.25) is 5.91 Å². The Morgan fingerprint density at radius 3 is 2.73 bits per heavy atom. The summed E-state index contributed by atoms with van der Waals surface area (Å²) in [6.07, 6.45) is 3.12. The highest BCUT2D eigenvalue weighted by Gasteiger charge is 2.11. The molecule has 0 aliphatic carbocycles. The standard InChI is InChI=1S/C19H21N3O4/c1-14-7-9-18(26-2)15(13-14)8-10-19(23)21-12-11-20-16-5-3-4-6-17(16)22(24)25/h3-10,13,20H,11-12H2,1-2H3,(H,21,23)/b10-8+. The summed E-state index contributed by atoms with van der Waals surface area (Å²) in [5.41, 5.74) is 2.32. The van der Waals surface area contributed by atoms with E-state index in [9.17, 15) is 14.9 Å². The smallest absolute Gasteiger partial charge is 0.292 e. The number of aryl methyl sites for hydroxylation is 1. The lowest BCUT2D eigenvalue weighted by Crippen LogP contribution is -2.27. The molecule has 0 saturated carbocycles. The van der Waals surface area contributed by atoms with E-state index in [0.717, 1.165) is 11.1 Å². The quantitative estimate of drug-likeness (QED) is 0.328. The summed E-state index contributed by atoms with van der Waals surface area (Å²) in [5, 5.41) is 16.6. The highest BCUT2D eigenvalue weighted by molar-refractivity contribution is 5.92. The molecule has 2 rings (SSSR count). The Labute approximate surface area is 151 Å². The maximum absolute atomic E-state index is 11.9.